The Balaban J connectivity index is 1.94. The molecule has 8 heteroatoms. The smallest absolute Gasteiger partial charge is 0.418 e. The molecule has 164 valence electrons. The number of halogens is 4. The van der Waals surface area contributed by atoms with Crippen molar-refractivity contribution in [3.8, 4) is 5.75 Å². The molecule has 1 heterocycles. The SMILES string of the molecule is Cc1ccc([S@](=O)C[C@@](O)(CC(C)(C)c2cc(Br)cc3c2OCC3)C(F)(F)F)cc1. The topological polar surface area (TPSA) is 46.5 Å². The summed E-state index contributed by atoms with van der Waals surface area (Å²) >= 11 is 3.42. The maximum Gasteiger partial charge on any atom is 0.418 e. The van der Waals surface area contributed by atoms with Crippen molar-refractivity contribution in [3.05, 3.63) is 57.6 Å². The van der Waals surface area contributed by atoms with Crippen LogP contribution in [0.2, 0.25) is 0 Å². The van der Waals surface area contributed by atoms with E-state index in [0.717, 1.165) is 15.6 Å². The minimum atomic E-state index is -4.94. The summed E-state index contributed by atoms with van der Waals surface area (Å²) in [6.07, 6.45) is -4.91. The molecule has 0 fully saturated rings. The van der Waals surface area contributed by atoms with Gasteiger partial charge in [-0.05, 0) is 48.6 Å². The molecule has 1 N–H and O–H groups in total. The molecule has 0 bridgehead atoms. The Bertz CT molecular complexity index is 957. The summed E-state index contributed by atoms with van der Waals surface area (Å²) < 4.78 is 61.2. The molecule has 1 aliphatic heterocycles. The van der Waals surface area contributed by atoms with Crippen molar-refractivity contribution in [1.82, 2.24) is 0 Å². The zero-order valence-electron chi connectivity index (χ0n) is 17.0. The predicted octanol–water partition coefficient (Wildman–Crippen LogP) is 5.46. The Hall–Kier alpha value is -1.38. The molecule has 0 saturated carbocycles. The zero-order chi connectivity index (χ0) is 22.3. The fourth-order valence-corrected chi connectivity index (χ4v) is 5.63. The Labute approximate surface area is 185 Å². The lowest BCUT2D eigenvalue weighted by Gasteiger charge is -2.38. The van der Waals surface area contributed by atoms with Gasteiger partial charge in [0, 0.05) is 21.4 Å². The molecule has 0 spiro atoms. The van der Waals surface area contributed by atoms with Gasteiger partial charge >= 0.3 is 6.18 Å². The van der Waals surface area contributed by atoms with Crippen LogP contribution in [-0.2, 0) is 22.6 Å². The fraction of sp³-hybridized carbons (Fsp3) is 0.455. The third kappa shape index (κ3) is 4.75. The maximum atomic E-state index is 14.0. The molecule has 2 aromatic carbocycles. The molecule has 0 aliphatic carbocycles. The number of aliphatic hydroxyl groups is 1. The van der Waals surface area contributed by atoms with Gasteiger partial charge in [-0.1, -0.05) is 47.5 Å². The van der Waals surface area contributed by atoms with Gasteiger partial charge in [0.15, 0.2) is 5.60 Å². The van der Waals surface area contributed by atoms with Crippen LogP contribution in [0.15, 0.2) is 45.8 Å². The third-order valence-electron chi connectivity index (χ3n) is 5.39. The van der Waals surface area contributed by atoms with Crippen molar-refractivity contribution >= 4 is 26.7 Å². The summed E-state index contributed by atoms with van der Waals surface area (Å²) in [6, 6.07) is 10.1. The van der Waals surface area contributed by atoms with Gasteiger partial charge in [0.05, 0.1) is 23.2 Å². The van der Waals surface area contributed by atoms with Gasteiger partial charge in [0.2, 0.25) is 0 Å². The maximum absolute atomic E-state index is 14.0. The molecule has 0 amide bonds. The van der Waals surface area contributed by atoms with Gasteiger partial charge in [0.1, 0.15) is 5.75 Å². The van der Waals surface area contributed by atoms with Crippen LogP contribution in [0.4, 0.5) is 13.2 Å². The van der Waals surface area contributed by atoms with Crippen LogP contribution in [0.1, 0.15) is 37.0 Å². The Morgan fingerprint density at radius 1 is 1.17 bits per heavy atom. The molecule has 1 aliphatic rings. The van der Waals surface area contributed by atoms with Gasteiger partial charge in [-0.15, -0.1) is 0 Å². The van der Waals surface area contributed by atoms with E-state index in [-0.39, 0.29) is 4.90 Å². The van der Waals surface area contributed by atoms with Crippen molar-refractivity contribution in [3.63, 3.8) is 0 Å². The normalized spacial score (nSPS) is 17.2. The van der Waals surface area contributed by atoms with Crippen LogP contribution in [0, 0.1) is 6.92 Å². The summed E-state index contributed by atoms with van der Waals surface area (Å²) in [7, 11) is -2.01. The van der Waals surface area contributed by atoms with Gasteiger partial charge in [0.25, 0.3) is 0 Å². The van der Waals surface area contributed by atoms with Crippen molar-refractivity contribution in [2.24, 2.45) is 0 Å². The van der Waals surface area contributed by atoms with E-state index in [1.807, 2.05) is 13.0 Å². The number of fused-ring (bicyclic) bond motifs is 1. The average molecular weight is 505 g/mol. The van der Waals surface area contributed by atoms with Crippen molar-refractivity contribution < 1.29 is 27.2 Å². The molecule has 0 aromatic heterocycles. The van der Waals surface area contributed by atoms with E-state index in [0.29, 0.717) is 24.3 Å². The highest BCUT2D eigenvalue weighted by Crippen LogP contribution is 2.46. The molecule has 0 radical (unpaired) electrons. The highest BCUT2D eigenvalue weighted by molar-refractivity contribution is 9.10. The Morgan fingerprint density at radius 2 is 1.80 bits per heavy atom. The number of alkyl halides is 3. The molecular formula is C22H24BrF3O3S. The van der Waals surface area contributed by atoms with E-state index < -0.39 is 40.2 Å². The third-order valence-corrected chi connectivity index (χ3v) is 7.39. The predicted molar refractivity (Wildman–Crippen MR) is 114 cm³/mol. The van der Waals surface area contributed by atoms with Gasteiger partial charge in [-0.3, -0.25) is 4.21 Å². The number of hydrogen-bond acceptors (Lipinski definition) is 3. The largest absolute Gasteiger partial charge is 0.493 e. The number of ether oxygens (including phenoxy) is 1. The van der Waals surface area contributed by atoms with Gasteiger partial charge in [-0.2, -0.15) is 13.2 Å². The average Bonchev–Trinajstić information content (AvgIpc) is 3.08. The minimum Gasteiger partial charge on any atom is -0.493 e. The van der Waals surface area contributed by atoms with Crippen LogP contribution in [0.5, 0.6) is 5.75 Å². The van der Waals surface area contributed by atoms with Crippen LogP contribution in [0.25, 0.3) is 0 Å². The molecule has 0 saturated heterocycles. The second-order valence-electron chi connectivity index (χ2n) is 8.43. The Kier molecular flexibility index (Phi) is 6.43. The lowest BCUT2D eigenvalue weighted by molar-refractivity contribution is -0.257. The van der Waals surface area contributed by atoms with Crippen LogP contribution in [0.3, 0.4) is 0 Å². The van der Waals surface area contributed by atoms with E-state index in [9.17, 15) is 22.5 Å². The lowest BCUT2D eigenvalue weighted by Crippen LogP contribution is -2.53. The molecule has 2 aromatic rings. The van der Waals surface area contributed by atoms with Crippen molar-refractivity contribution in [2.45, 2.75) is 55.7 Å². The number of benzene rings is 2. The number of rotatable bonds is 6. The van der Waals surface area contributed by atoms with E-state index in [1.54, 1.807) is 32.0 Å². The van der Waals surface area contributed by atoms with Crippen molar-refractivity contribution in [2.75, 3.05) is 12.4 Å². The van der Waals surface area contributed by atoms with Gasteiger partial charge < -0.3 is 9.84 Å². The second kappa shape index (κ2) is 8.28. The van der Waals surface area contributed by atoms with E-state index >= 15 is 0 Å². The standard InChI is InChI=1S/C22H24BrF3O3S/c1-14-4-6-17(7-5-14)30(28)13-21(27,22(24,25)26)12-20(2,3)18-11-16(23)10-15-8-9-29-19(15)18/h4-7,10-11,27H,8-9,12-13H2,1-3H3/t21-,30+/m0/s1. The van der Waals surface area contributed by atoms with Crippen LogP contribution < -0.4 is 4.74 Å². The first-order valence-corrected chi connectivity index (χ1v) is 11.6. The fourth-order valence-electron chi connectivity index (χ4n) is 3.82. The highest BCUT2D eigenvalue weighted by atomic mass is 79.9. The molecule has 3 rings (SSSR count). The van der Waals surface area contributed by atoms with E-state index in [2.05, 4.69) is 15.9 Å². The van der Waals surface area contributed by atoms with Gasteiger partial charge in [-0.25, -0.2) is 0 Å². The number of hydrogen-bond donors (Lipinski definition) is 1. The summed E-state index contributed by atoms with van der Waals surface area (Å²) in [5, 5.41) is 10.8. The first-order chi connectivity index (χ1) is 13.8. The quantitative estimate of drug-likeness (QED) is 0.567. The van der Waals surface area contributed by atoms with E-state index in [1.165, 1.54) is 12.1 Å². The summed E-state index contributed by atoms with van der Waals surface area (Å²) in [5.41, 5.74) is -1.79. The summed E-state index contributed by atoms with van der Waals surface area (Å²) in [6.45, 7) is 5.58. The van der Waals surface area contributed by atoms with Crippen LogP contribution >= 0.6 is 15.9 Å². The van der Waals surface area contributed by atoms with Crippen molar-refractivity contribution in [1.29, 1.82) is 0 Å². The lowest BCUT2D eigenvalue weighted by atomic mass is 9.74. The molecule has 0 unspecified atom stereocenters. The van der Waals surface area contributed by atoms with Crippen LogP contribution in [-0.4, -0.2) is 33.5 Å². The molecule has 3 nitrogen and oxygen atoms in total. The summed E-state index contributed by atoms with van der Waals surface area (Å²) in [4.78, 5) is 0.257. The monoisotopic (exact) mass is 504 g/mol. The second-order valence-corrected chi connectivity index (χ2v) is 10.8. The molecule has 2 atom stereocenters. The first-order valence-electron chi connectivity index (χ1n) is 9.52. The molecule has 30 heavy (non-hydrogen) atoms. The molecular weight excluding hydrogens is 481 g/mol. The van der Waals surface area contributed by atoms with E-state index in [4.69, 9.17) is 4.74 Å². The first kappa shape index (κ1) is 23.3. The number of aryl methyl sites for hydroxylation is 1. The minimum absolute atomic E-state index is 0.257. The Morgan fingerprint density at radius 3 is 2.40 bits per heavy atom. The summed E-state index contributed by atoms with van der Waals surface area (Å²) in [5.74, 6) is -0.354. The zero-order valence-corrected chi connectivity index (χ0v) is 19.4. The highest BCUT2D eigenvalue weighted by Gasteiger charge is 2.57.